The Morgan fingerprint density at radius 2 is 1.92 bits per heavy atom. The highest BCUT2D eigenvalue weighted by Crippen LogP contribution is 2.41. The van der Waals surface area contributed by atoms with Crippen molar-refractivity contribution in [2.45, 2.75) is 38.0 Å². The van der Waals surface area contributed by atoms with Gasteiger partial charge < -0.3 is 4.74 Å². The van der Waals surface area contributed by atoms with E-state index >= 15 is 0 Å². The molecule has 2 aliphatic carbocycles. The van der Waals surface area contributed by atoms with E-state index in [2.05, 4.69) is 24.3 Å². The van der Waals surface area contributed by atoms with E-state index in [4.69, 9.17) is 9.84 Å². The molecule has 3 aromatic rings. The van der Waals surface area contributed by atoms with E-state index in [1.54, 1.807) is 7.11 Å². The van der Waals surface area contributed by atoms with Crippen LogP contribution in [0.2, 0.25) is 0 Å². The number of methoxy groups -OCH3 is 1. The highest BCUT2D eigenvalue weighted by Gasteiger charge is 2.27. The van der Waals surface area contributed by atoms with E-state index in [1.165, 1.54) is 18.4 Å². The summed E-state index contributed by atoms with van der Waals surface area (Å²) in [5, 5.41) is 4.77. The maximum atomic E-state index is 12.1. The molecule has 0 bridgehead atoms. The first-order valence-corrected chi connectivity index (χ1v) is 8.98. The predicted octanol–water partition coefficient (Wildman–Crippen LogP) is 4.41. The number of nitrogens with zero attached hydrogens (tertiary/aromatic N) is 2. The van der Waals surface area contributed by atoms with Crippen molar-refractivity contribution in [2.24, 2.45) is 0 Å². The topological polar surface area (TPSA) is 43.6 Å². The molecule has 0 unspecified atom stereocenters. The van der Waals surface area contributed by atoms with Gasteiger partial charge in [-0.3, -0.25) is 4.79 Å². The van der Waals surface area contributed by atoms with Crippen LogP contribution in [0.15, 0.2) is 36.4 Å². The molecule has 4 heteroatoms. The summed E-state index contributed by atoms with van der Waals surface area (Å²) in [5.41, 5.74) is 6.57. The van der Waals surface area contributed by atoms with Crippen LogP contribution in [0.25, 0.3) is 16.6 Å². The SMILES string of the molecule is COc1ccc(-c2ccc3c(c2)CCCC3=O)c2cc(C3CC3)nn12. The fourth-order valence-corrected chi connectivity index (χ4v) is 3.86. The quantitative estimate of drug-likeness (QED) is 0.714. The van der Waals surface area contributed by atoms with Crippen molar-refractivity contribution >= 4 is 11.3 Å². The summed E-state index contributed by atoms with van der Waals surface area (Å²) in [6, 6.07) is 12.5. The number of aromatic nitrogens is 2. The molecule has 0 spiro atoms. The Morgan fingerprint density at radius 3 is 2.72 bits per heavy atom. The Kier molecular flexibility index (Phi) is 3.20. The molecule has 1 saturated carbocycles. The molecule has 2 aliphatic rings. The van der Waals surface area contributed by atoms with Crippen molar-refractivity contribution < 1.29 is 9.53 Å². The summed E-state index contributed by atoms with van der Waals surface area (Å²) in [7, 11) is 1.68. The van der Waals surface area contributed by atoms with Gasteiger partial charge in [-0.1, -0.05) is 18.2 Å². The molecular weight excluding hydrogens is 312 g/mol. The second kappa shape index (κ2) is 5.45. The number of carbonyl (C=O) groups excluding carboxylic acids is 1. The predicted molar refractivity (Wildman–Crippen MR) is 96.4 cm³/mol. The van der Waals surface area contributed by atoms with Crippen LogP contribution in [-0.2, 0) is 6.42 Å². The molecule has 1 fully saturated rings. The van der Waals surface area contributed by atoms with Crippen LogP contribution >= 0.6 is 0 Å². The van der Waals surface area contributed by atoms with E-state index in [0.717, 1.165) is 46.6 Å². The number of carbonyl (C=O) groups is 1. The summed E-state index contributed by atoms with van der Waals surface area (Å²) in [6.07, 6.45) is 5.05. The number of ketones is 1. The van der Waals surface area contributed by atoms with Crippen molar-refractivity contribution in [3.8, 4) is 17.0 Å². The number of rotatable bonds is 3. The fourth-order valence-electron chi connectivity index (χ4n) is 3.86. The number of ether oxygens (including phenoxy) is 1. The molecule has 5 rings (SSSR count). The normalized spacial score (nSPS) is 16.9. The fraction of sp³-hybridized carbons (Fsp3) is 0.333. The third-order valence-electron chi connectivity index (χ3n) is 5.38. The van der Waals surface area contributed by atoms with Crippen molar-refractivity contribution in [1.82, 2.24) is 9.61 Å². The second-order valence-corrected chi connectivity index (χ2v) is 7.08. The lowest BCUT2D eigenvalue weighted by molar-refractivity contribution is 0.0972. The molecule has 2 aromatic heterocycles. The number of benzene rings is 1. The van der Waals surface area contributed by atoms with Crippen molar-refractivity contribution in [2.75, 3.05) is 7.11 Å². The molecular formula is C21H20N2O2. The molecule has 0 N–H and O–H groups in total. The number of aryl methyl sites for hydroxylation is 1. The zero-order valence-electron chi connectivity index (χ0n) is 14.3. The van der Waals surface area contributed by atoms with Crippen LogP contribution < -0.4 is 4.74 Å². The van der Waals surface area contributed by atoms with Crippen LogP contribution in [0, 0.1) is 0 Å². The maximum absolute atomic E-state index is 12.1. The van der Waals surface area contributed by atoms with Gasteiger partial charge >= 0.3 is 0 Å². The van der Waals surface area contributed by atoms with Crippen molar-refractivity contribution in [3.05, 3.63) is 53.2 Å². The zero-order chi connectivity index (χ0) is 17.0. The molecule has 4 nitrogen and oxygen atoms in total. The zero-order valence-corrected chi connectivity index (χ0v) is 14.3. The summed E-state index contributed by atoms with van der Waals surface area (Å²) in [5.74, 6) is 1.62. The first kappa shape index (κ1) is 14.7. The van der Waals surface area contributed by atoms with Crippen molar-refractivity contribution in [3.63, 3.8) is 0 Å². The number of pyridine rings is 1. The molecule has 0 atom stereocenters. The smallest absolute Gasteiger partial charge is 0.214 e. The van der Waals surface area contributed by atoms with Gasteiger partial charge in [0.05, 0.1) is 18.3 Å². The highest BCUT2D eigenvalue weighted by atomic mass is 16.5. The van der Waals surface area contributed by atoms with Crippen LogP contribution in [0.1, 0.15) is 53.2 Å². The third-order valence-corrected chi connectivity index (χ3v) is 5.38. The monoisotopic (exact) mass is 332 g/mol. The van der Waals surface area contributed by atoms with Gasteiger partial charge in [-0.25, -0.2) is 4.52 Å². The minimum Gasteiger partial charge on any atom is -0.481 e. The lowest BCUT2D eigenvalue weighted by Gasteiger charge is -2.16. The molecule has 25 heavy (non-hydrogen) atoms. The molecule has 1 aromatic carbocycles. The van der Waals surface area contributed by atoms with Crippen LogP contribution in [-0.4, -0.2) is 22.5 Å². The Hall–Kier alpha value is -2.62. The van der Waals surface area contributed by atoms with Gasteiger partial charge in [0.25, 0.3) is 0 Å². The Labute approximate surface area is 146 Å². The molecule has 126 valence electrons. The Balaban J connectivity index is 1.69. The second-order valence-electron chi connectivity index (χ2n) is 7.08. The minimum absolute atomic E-state index is 0.271. The summed E-state index contributed by atoms with van der Waals surface area (Å²) < 4.78 is 7.40. The van der Waals surface area contributed by atoms with Crippen molar-refractivity contribution in [1.29, 1.82) is 0 Å². The maximum Gasteiger partial charge on any atom is 0.214 e. The average molecular weight is 332 g/mol. The van der Waals surface area contributed by atoms with E-state index < -0.39 is 0 Å². The lowest BCUT2D eigenvalue weighted by atomic mass is 9.88. The Bertz CT molecular complexity index is 999. The van der Waals surface area contributed by atoms with Gasteiger partial charge in [-0.15, -0.1) is 0 Å². The van der Waals surface area contributed by atoms with E-state index in [-0.39, 0.29) is 5.78 Å². The number of hydrogen-bond acceptors (Lipinski definition) is 3. The average Bonchev–Trinajstić information content (AvgIpc) is 3.39. The summed E-state index contributed by atoms with van der Waals surface area (Å²) in [4.78, 5) is 12.1. The minimum atomic E-state index is 0.271. The van der Waals surface area contributed by atoms with Gasteiger partial charge in [-0.2, -0.15) is 5.10 Å². The van der Waals surface area contributed by atoms with Gasteiger partial charge in [0.1, 0.15) is 0 Å². The third kappa shape index (κ3) is 2.36. The first-order valence-electron chi connectivity index (χ1n) is 8.98. The molecule has 2 heterocycles. The lowest BCUT2D eigenvalue weighted by Crippen LogP contribution is -2.10. The molecule has 0 amide bonds. The number of hydrogen-bond donors (Lipinski definition) is 0. The molecule has 0 saturated heterocycles. The van der Waals surface area contributed by atoms with E-state index in [0.29, 0.717) is 12.3 Å². The van der Waals surface area contributed by atoms with Gasteiger partial charge in [0.15, 0.2) is 5.78 Å². The van der Waals surface area contributed by atoms with E-state index in [9.17, 15) is 4.79 Å². The van der Waals surface area contributed by atoms with E-state index in [1.807, 2.05) is 16.6 Å². The molecule has 0 radical (unpaired) electrons. The summed E-state index contributed by atoms with van der Waals surface area (Å²) in [6.45, 7) is 0. The largest absolute Gasteiger partial charge is 0.481 e. The van der Waals surface area contributed by atoms with Crippen LogP contribution in [0.5, 0.6) is 5.88 Å². The Morgan fingerprint density at radius 1 is 1.08 bits per heavy atom. The van der Waals surface area contributed by atoms with Gasteiger partial charge in [0, 0.05) is 29.5 Å². The van der Waals surface area contributed by atoms with Gasteiger partial charge in [-0.05, 0) is 48.9 Å². The van der Waals surface area contributed by atoms with Crippen LogP contribution in [0.4, 0.5) is 0 Å². The van der Waals surface area contributed by atoms with Crippen LogP contribution in [0.3, 0.4) is 0 Å². The first-order chi connectivity index (χ1) is 12.2. The number of fused-ring (bicyclic) bond motifs is 2. The highest BCUT2D eigenvalue weighted by molar-refractivity contribution is 5.99. The number of Topliss-reactive ketones (excluding diaryl/α,β-unsaturated/α-hetero) is 1. The standard InChI is InChI=1S/C21H20N2O2/c1-25-21-10-9-16(19-12-18(13-5-6-13)22-23(19)21)15-7-8-17-14(11-15)3-2-4-20(17)24/h7-13H,2-6H2,1H3. The van der Waals surface area contributed by atoms with Gasteiger partial charge in [0.2, 0.25) is 5.88 Å². The molecule has 0 aliphatic heterocycles. The summed E-state index contributed by atoms with van der Waals surface area (Å²) >= 11 is 0.